The third-order valence-corrected chi connectivity index (χ3v) is 1.92. The number of nitrogens with zero attached hydrogens (tertiary/aromatic N) is 1. The molecule has 15 heavy (non-hydrogen) atoms. The zero-order valence-electron chi connectivity index (χ0n) is 7.25. The molecule has 82 valence electrons. The number of aromatic carboxylic acids is 1. The fourth-order valence-corrected chi connectivity index (χ4v) is 1.19. The first-order chi connectivity index (χ1) is 6.97. The average molecular weight is 238 g/mol. The van der Waals surface area contributed by atoms with Gasteiger partial charge in [-0.2, -0.15) is 0 Å². The average Bonchev–Trinajstić information content (AvgIpc) is 2.16. The van der Waals surface area contributed by atoms with Crippen LogP contribution in [0.25, 0.3) is 0 Å². The Morgan fingerprint density at radius 1 is 1.60 bits per heavy atom. The van der Waals surface area contributed by atoms with Crippen LogP contribution in [0.5, 0.6) is 5.75 Å². The molecule has 0 radical (unpaired) electrons. The Kier molecular flexibility index (Phi) is 3.41. The molecular formula is C8H6ClF2NO3. The third kappa shape index (κ3) is 2.33. The molecule has 1 heterocycles. The van der Waals surface area contributed by atoms with Gasteiger partial charge in [-0.15, -0.1) is 11.6 Å². The minimum atomic E-state index is -3.03. The van der Waals surface area contributed by atoms with E-state index in [0.29, 0.717) is 6.07 Å². The first-order valence-electron chi connectivity index (χ1n) is 3.77. The van der Waals surface area contributed by atoms with Crippen LogP contribution in [-0.2, 0) is 5.88 Å². The molecule has 0 bridgehead atoms. The monoisotopic (exact) mass is 237 g/mol. The second kappa shape index (κ2) is 4.39. The number of carboxylic acid groups (broad SMARTS) is 1. The largest absolute Gasteiger partial charge is 0.506 e. The van der Waals surface area contributed by atoms with Crippen molar-refractivity contribution in [3.8, 4) is 5.75 Å². The van der Waals surface area contributed by atoms with E-state index in [1.54, 1.807) is 0 Å². The third-order valence-electron chi connectivity index (χ3n) is 1.67. The molecule has 1 aromatic heterocycles. The molecule has 0 spiro atoms. The van der Waals surface area contributed by atoms with Crippen molar-refractivity contribution in [1.82, 2.24) is 4.98 Å². The number of alkyl halides is 3. The molecule has 0 aliphatic carbocycles. The van der Waals surface area contributed by atoms with E-state index in [9.17, 15) is 18.7 Å². The van der Waals surface area contributed by atoms with Crippen molar-refractivity contribution < 1.29 is 23.8 Å². The van der Waals surface area contributed by atoms with Crippen molar-refractivity contribution in [3.63, 3.8) is 0 Å². The summed E-state index contributed by atoms with van der Waals surface area (Å²) in [7, 11) is 0. The van der Waals surface area contributed by atoms with Gasteiger partial charge in [0.05, 0.1) is 17.1 Å². The first-order valence-corrected chi connectivity index (χ1v) is 4.31. The minimum Gasteiger partial charge on any atom is -0.506 e. The molecule has 0 aromatic carbocycles. The van der Waals surface area contributed by atoms with Gasteiger partial charge in [0.2, 0.25) is 0 Å². The number of carbonyl (C=O) groups is 1. The predicted octanol–water partition coefficient (Wildman–Crippen LogP) is 2.16. The predicted molar refractivity (Wildman–Crippen MR) is 47.4 cm³/mol. The molecule has 0 amide bonds. The summed E-state index contributed by atoms with van der Waals surface area (Å²) in [5.74, 6) is -2.35. The molecule has 0 saturated carbocycles. The first kappa shape index (κ1) is 11.6. The second-order valence-electron chi connectivity index (χ2n) is 2.63. The highest BCUT2D eigenvalue weighted by Gasteiger charge is 2.22. The molecule has 1 rings (SSSR count). The lowest BCUT2D eigenvalue weighted by Crippen LogP contribution is -2.07. The van der Waals surface area contributed by atoms with Crippen molar-refractivity contribution in [2.45, 2.75) is 12.3 Å². The zero-order valence-corrected chi connectivity index (χ0v) is 8.00. The van der Waals surface area contributed by atoms with Gasteiger partial charge in [-0.1, -0.05) is 0 Å². The zero-order chi connectivity index (χ0) is 11.6. The van der Waals surface area contributed by atoms with Crippen molar-refractivity contribution in [3.05, 3.63) is 23.0 Å². The molecule has 2 N–H and O–H groups in total. The number of aromatic hydroxyl groups is 1. The van der Waals surface area contributed by atoms with Gasteiger partial charge < -0.3 is 10.2 Å². The van der Waals surface area contributed by atoms with E-state index < -0.39 is 29.4 Å². The molecule has 0 aliphatic rings. The van der Waals surface area contributed by atoms with Crippen LogP contribution in [-0.4, -0.2) is 21.2 Å². The molecule has 0 unspecified atom stereocenters. The van der Waals surface area contributed by atoms with E-state index in [4.69, 9.17) is 16.7 Å². The lowest BCUT2D eigenvalue weighted by Gasteiger charge is -2.07. The number of halogens is 3. The Morgan fingerprint density at radius 2 is 2.20 bits per heavy atom. The van der Waals surface area contributed by atoms with E-state index in [0.717, 1.165) is 0 Å². The van der Waals surface area contributed by atoms with E-state index in [2.05, 4.69) is 4.98 Å². The topological polar surface area (TPSA) is 70.4 Å². The van der Waals surface area contributed by atoms with E-state index in [1.807, 2.05) is 0 Å². The van der Waals surface area contributed by atoms with Crippen LogP contribution in [0, 0.1) is 0 Å². The normalized spacial score (nSPS) is 10.7. The number of pyridine rings is 1. The highest BCUT2D eigenvalue weighted by Crippen LogP contribution is 2.27. The van der Waals surface area contributed by atoms with E-state index in [1.165, 1.54) is 0 Å². The van der Waals surface area contributed by atoms with Gasteiger partial charge in [0.1, 0.15) is 11.4 Å². The number of carboxylic acids is 1. The van der Waals surface area contributed by atoms with Gasteiger partial charge >= 0.3 is 5.97 Å². The highest BCUT2D eigenvalue weighted by atomic mass is 35.5. The van der Waals surface area contributed by atoms with Crippen LogP contribution in [0.4, 0.5) is 8.78 Å². The Hall–Kier alpha value is -1.43. The molecule has 4 nitrogen and oxygen atoms in total. The molecule has 1 aromatic rings. The van der Waals surface area contributed by atoms with Gasteiger partial charge in [-0.05, 0) is 6.07 Å². The molecule has 0 aliphatic heterocycles. The lowest BCUT2D eigenvalue weighted by atomic mass is 10.1. The molecule has 0 fully saturated rings. The van der Waals surface area contributed by atoms with E-state index >= 15 is 0 Å². The smallest absolute Gasteiger partial charge is 0.337 e. The maximum atomic E-state index is 12.4. The van der Waals surface area contributed by atoms with E-state index in [-0.39, 0.29) is 11.6 Å². The van der Waals surface area contributed by atoms with Gasteiger partial charge in [-0.25, -0.2) is 18.6 Å². The molecule has 0 atom stereocenters. The van der Waals surface area contributed by atoms with Crippen molar-refractivity contribution >= 4 is 17.6 Å². The van der Waals surface area contributed by atoms with Crippen molar-refractivity contribution in [2.75, 3.05) is 0 Å². The summed E-state index contributed by atoms with van der Waals surface area (Å²) in [6.07, 6.45) is -3.03. The SMILES string of the molecule is O=C(O)c1cc(O)c(CCl)nc1C(F)F. The van der Waals surface area contributed by atoms with Crippen LogP contribution in [0.1, 0.15) is 28.2 Å². The Morgan fingerprint density at radius 3 is 2.60 bits per heavy atom. The van der Waals surface area contributed by atoms with Gasteiger partial charge in [-0.3, -0.25) is 0 Å². The summed E-state index contributed by atoms with van der Waals surface area (Å²) in [5.41, 5.74) is -1.79. The second-order valence-corrected chi connectivity index (χ2v) is 2.89. The quantitative estimate of drug-likeness (QED) is 0.791. The summed E-state index contributed by atoms with van der Waals surface area (Å²) >= 11 is 5.33. The standard InChI is InChI=1S/C8H6ClF2NO3/c9-2-4-5(13)1-3(8(14)15)6(12-4)7(10)11/h1,7,13H,2H2,(H,14,15). The molecular weight excluding hydrogens is 232 g/mol. The number of hydrogen-bond donors (Lipinski definition) is 2. The Bertz CT molecular complexity index is 398. The number of aromatic nitrogens is 1. The molecule has 7 heteroatoms. The van der Waals surface area contributed by atoms with Crippen LogP contribution in [0.15, 0.2) is 6.07 Å². The Labute approximate surface area is 88.1 Å². The van der Waals surface area contributed by atoms with Crippen LogP contribution in [0.3, 0.4) is 0 Å². The number of rotatable bonds is 3. The summed E-state index contributed by atoms with van der Waals surface area (Å²) in [5, 5.41) is 17.8. The maximum absolute atomic E-state index is 12.4. The van der Waals surface area contributed by atoms with Crippen LogP contribution >= 0.6 is 11.6 Å². The number of hydrogen-bond acceptors (Lipinski definition) is 3. The van der Waals surface area contributed by atoms with Crippen LogP contribution in [0.2, 0.25) is 0 Å². The minimum absolute atomic E-state index is 0.169. The highest BCUT2D eigenvalue weighted by molar-refractivity contribution is 6.17. The van der Waals surface area contributed by atoms with Gasteiger partial charge in [0.25, 0.3) is 6.43 Å². The summed E-state index contributed by atoms with van der Waals surface area (Å²) in [6.45, 7) is 0. The fourth-order valence-electron chi connectivity index (χ4n) is 0.993. The summed E-state index contributed by atoms with van der Waals surface area (Å²) in [4.78, 5) is 13.9. The van der Waals surface area contributed by atoms with Gasteiger partial charge in [0.15, 0.2) is 0 Å². The Balaban J connectivity index is 3.38. The van der Waals surface area contributed by atoms with Crippen molar-refractivity contribution in [1.29, 1.82) is 0 Å². The lowest BCUT2D eigenvalue weighted by molar-refractivity contribution is 0.0681. The maximum Gasteiger partial charge on any atom is 0.337 e. The summed E-state index contributed by atoms with van der Waals surface area (Å²) in [6, 6.07) is 0.717. The molecule has 0 saturated heterocycles. The summed E-state index contributed by atoms with van der Waals surface area (Å²) < 4.78 is 24.8. The fraction of sp³-hybridized carbons (Fsp3) is 0.250. The van der Waals surface area contributed by atoms with Crippen molar-refractivity contribution in [2.24, 2.45) is 0 Å². The van der Waals surface area contributed by atoms with Gasteiger partial charge in [0, 0.05) is 0 Å². The van der Waals surface area contributed by atoms with Crippen LogP contribution < -0.4 is 0 Å².